The van der Waals surface area contributed by atoms with Gasteiger partial charge in [-0.15, -0.1) is 0 Å². The second kappa shape index (κ2) is 8.04. The molecule has 3 rings (SSSR count). The van der Waals surface area contributed by atoms with Gasteiger partial charge in [0.1, 0.15) is 0 Å². The number of nitrogens with one attached hydrogen (secondary N) is 1. The van der Waals surface area contributed by atoms with Gasteiger partial charge < -0.3 is 10.2 Å². The molecule has 0 spiro atoms. The second-order valence-electron chi connectivity index (χ2n) is 6.95. The van der Waals surface area contributed by atoms with Crippen LogP contribution >= 0.6 is 0 Å². The number of carbonyl (C=O) groups is 2. The molecule has 1 aliphatic heterocycles. The Balaban J connectivity index is 1.56. The fourth-order valence-electron chi connectivity index (χ4n) is 3.28. The maximum atomic E-state index is 12.6. The van der Waals surface area contributed by atoms with Crippen LogP contribution < -0.4 is 5.32 Å². The van der Waals surface area contributed by atoms with E-state index in [9.17, 15) is 22.8 Å². The molecule has 0 aromatic heterocycles. The second-order valence-corrected chi connectivity index (χ2v) is 6.95. The fraction of sp³-hybridized carbons (Fsp3) is 0.333. The molecule has 1 aliphatic rings. The van der Waals surface area contributed by atoms with Crippen molar-refractivity contribution < 1.29 is 22.8 Å². The van der Waals surface area contributed by atoms with Crippen LogP contribution in [0, 0.1) is 12.8 Å². The number of hydrogen-bond donors (Lipinski definition) is 1. The van der Waals surface area contributed by atoms with Crippen molar-refractivity contribution >= 4 is 17.5 Å². The largest absolute Gasteiger partial charge is 0.416 e. The van der Waals surface area contributed by atoms with Crippen molar-refractivity contribution in [1.29, 1.82) is 0 Å². The van der Waals surface area contributed by atoms with Crippen LogP contribution in [0.25, 0.3) is 0 Å². The lowest BCUT2D eigenvalue weighted by Gasteiger charge is -2.31. The molecule has 0 unspecified atom stereocenters. The summed E-state index contributed by atoms with van der Waals surface area (Å²) in [4.78, 5) is 26.6. The van der Waals surface area contributed by atoms with E-state index in [2.05, 4.69) is 5.32 Å². The number of piperidine rings is 1. The Morgan fingerprint density at radius 2 is 1.61 bits per heavy atom. The minimum absolute atomic E-state index is 0.0732. The quantitative estimate of drug-likeness (QED) is 0.839. The Labute approximate surface area is 161 Å². The number of hydrogen-bond acceptors (Lipinski definition) is 2. The van der Waals surface area contributed by atoms with Gasteiger partial charge in [-0.05, 0) is 55.7 Å². The molecule has 1 N–H and O–H groups in total. The average Bonchev–Trinajstić information content (AvgIpc) is 2.69. The molecule has 0 radical (unpaired) electrons. The summed E-state index contributed by atoms with van der Waals surface area (Å²) in [6.07, 6.45) is -3.39. The van der Waals surface area contributed by atoms with Gasteiger partial charge in [0, 0.05) is 30.3 Å². The predicted octanol–water partition coefficient (Wildman–Crippen LogP) is 4.50. The van der Waals surface area contributed by atoms with E-state index in [4.69, 9.17) is 0 Å². The molecule has 1 heterocycles. The van der Waals surface area contributed by atoms with Crippen molar-refractivity contribution in [1.82, 2.24) is 4.90 Å². The summed E-state index contributed by atoms with van der Waals surface area (Å²) in [5.74, 6) is -0.585. The van der Waals surface area contributed by atoms with Gasteiger partial charge in [-0.2, -0.15) is 13.2 Å². The molecule has 28 heavy (non-hydrogen) atoms. The number of anilines is 1. The molecular formula is C21H21F3N2O2. The van der Waals surface area contributed by atoms with Crippen LogP contribution in [0.4, 0.5) is 18.9 Å². The van der Waals surface area contributed by atoms with Crippen molar-refractivity contribution in [2.45, 2.75) is 25.9 Å². The number of amides is 2. The molecule has 2 aromatic rings. The van der Waals surface area contributed by atoms with Crippen LogP contribution in [0.15, 0.2) is 48.5 Å². The number of aryl methyl sites for hydroxylation is 1. The molecule has 0 bridgehead atoms. The van der Waals surface area contributed by atoms with E-state index in [1.807, 2.05) is 31.2 Å². The van der Waals surface area contributed by atoms with Crippen LogP contribution in [0.1, 0.15) is 34.3 Å². The molecule has 1 saturated heterocycles. The van der Waals surface area contributed by atoms with Crippen LogP contribution in [-0.4, -0.2) is 29.8 Å². The highest BCUT2D eigenvalue weighted by atomic mass is 19.4. The van der Waals surface area contributed by atoms with Gasteiger partial charge in [-0.3, -0.25) is 9.59 Å². The highest BCUT2D eigenvalue weighted by Crippen LogP contribution is 2.29. The third-order valence-corrected chi connectivity index (χ3v) is 5.02. The first-order valence-electron chi connectivity index (χ1n) is 9.09. The van der Waals surface area contributed by atoms with Crippen molar-refractivity contribution in [3.63, 3.8) is 0 Å². The van der Waals surface area contributed by atoms with E-state index in [-0.39, 0.29) is 23.3 Å². The zero-order chi connectivity index (χ0) is 20.3. The first kappa shape index (κ1) is 19.9. The summed E-state index contributed by atoms with van der Waals surface area (Å²) in [6, 6.07) is 11.7. The first-order chi connectivity index (χ1) is 13.3. The van der Waals surface area contributed by atoms with Gasteiger partial charge in [0.05, 0.1) is 5.56 Å². The molecular weight excluding hydrogens is 369 g/mol. The molecule has 2 aromatic carbocycles. The van der Waals surface area contributed by atoms with Crippen LogP contribution in [0.2, 0.25) is 0 Å². The summed E-state index contributed by atoms with van der Waals surface area (Å²) in [5, 5.41) is 2.93. The Kier molecular flexibility index (Phi) is 5.72. The lowest BCUT2D eigenvalue weighted by Crippen LogP contribution is -2.41. The van der Waals surface area contributed by atoms with Gasteiger partial charge in [0.2, 0.25) is 5.91 Å². The molecule has 7 heteroatoms. The Morgan fingerprint density at radius 1 is 1.00 bits per heavy atom. The first-order valence-corrected chi connectivity index (χ1v) is 9.09. The summed E-state index contributed by atoms with van der Waals surface area (Å²) < 4.78 is 37.9. The van der Waals surface area contributed by atoms with Crippen LogP contribution in [-0.2, 0) is 11.0 Å². The normalized spacial score (nSPS) is 15.4. The van der Waals surface area contributed by atoms with E-state index < -0.39 is 11.7 Å². The number of halogens is 3. The molecule has 4 nitrogen and oxygen atoms in total. The number of carbonyl (C=O) groups excluding carboxylic acids is 2. The Bertz CT molecular complexity index is 855. The van der Waals surface area contributed by atoms with Crippen LogP contribution in [0.3, 0.4) is 0 Å². The van der Waals surface area contributed by atoms with Crippen molar-refractivity contribution in [2.24, 2.45) is 5.92 Å². The number of para-hydroxylation sites is 1. The summed E-state index contributed by atoms with van der Waals surface area (Å²) in [7, 11) is 0. The standard InChI is InChI=1S/C21H21F3N2O2/c1-14-4-2-3-5-18(14)25-19(27)15-10-12-26(13-11-15)20(28)16-6-8-17(9-7-16)21(22,23)24/h2-9,15H,10-13H2,1H3,(H,25,27). The smallest absolute Gasteiger partial charge is 0.339 e. The topological polar surface area (TPSA) is 49.4 Å². The number of alkyl halides is 3. The highest BCUT2D eigenvalue weighted by Gasteiger charge is 2.31. The lowest BCUT2D eigenvalue weighted by atomic mass is 9.95. The maximum absolute atomic E-state index is 12.6. The van der Waals surface area contributed by atoms with Gasteiger partial charge in [0.25, 0.3) is 5.91 Å². The Morgan fingerprint density at radius 3 is 2.18 bits per heavy atom. The summed E-state index contributed by atoms with van der Waals surface area (Å²) in [5.41, 5.74) is 1.19. The lowest BCUT2D eigenvalue weighted by molar-refractivity contribution is -0.137. The monoisotopic (exact) mass is 390 g/mol. The van der Waals surface area contributed by atoms with E-state index in [1.165, 1.54) is 12.1 Å². The SMILES string of the molecule is Cc1ccccc1NC(=O)C1CCN(C(=O)c2ccc(C(F)(F)F)cc2)CC1. The minimum atomic E-state index is -4.43. The minimum Gasteiger partial charge on any atom is -0.339 e. The number of benzene rings is 2. The van der Waals surface area contributed by atoms with Gasteiger partial charge >= 0.3 is 6.18 Å². The molecule has 0 atom stereocenters. The predicted molar refractivity (Wildman–Crippen MR) is 99.9 cm³/mol. The number of likely N-dealkylation sites (tertiary alicyclic amines) is 1. The van der Waals surface area contributed by atoms with Gasteiger partial charge in [-0.25, -0.2) is 0 Å². The molecule has 0 saturated carbocycles. The van der Waals surface area contributed by atoms with Crippen molar-refractivity contribution in [2.75, 3.05) is 18.4 Å². The number of nitrogens with zero attached hydrogens (tertiary/aromatic N) is 1. The summed E-state index contributed by atoms with van der Waals surface area (Å²) in [6.45, 7) is 2.71. The fourth-order valence-corrected chi connectivity index (χ4v) is 3.28. The van der Waals surface area contributed by atoms with E-state index in [1.54, 1.807) is 4.90 Å². The van der Waals surface area contributed by atoms with Crippen molar-refractivity contribution in [3.05, 3.63) is 65.2 Å². The molecule has 2 amide bonds. The third kappa shape index (κ3) is 4.52. The van der Waals surface area contributed by atoms with E-state index in [0.29, 0.717) is 25.9 Å². The average molecular weight is 390 g/mol. The van der Waals surface area contributed by atoms with Gasteiger partial charge in [0.15, 0.2) is 0 Å². The Hall–Kier alpha value is -2.83. The molecule has 0 aliphatic carbocycles. The van der Waals surface area contributed by atoms with E-state index in [0.717, 1.165) is 23.4 Å². The zero-order valence-corrected chi connectivity index (χ0v) is 15.4. The highest BCUT2D eigenvalue weighted by molar-refractivity contribution is 5.95. The molecule has 148 valence electrons. The van der Waals surface area contributed by atoms with Crippen molar-refractivity contribution in [3.8, 4) is 0 Å². The molecule has 1 fully saturated rings. The van der Waals surface area contributed by atoms with Gasteiger partial charge in [-0.1, -0.05) is 18.2 Å². The van der Waals surface area contributed by atoms with Crippen LogP contribution in [0.5, 0.6) is 0 Å². The zero-order valence-electron chi connectivity index (χ0n) is 15.4. The maximum Gasteiger partial charge on any atom is 0.416 e. The number of rotatable bonds is 3. The van der Waals surface area contributed by atoms with E-state index >= 15 is 0 Å². The summed E-state index contributed by atoms with van der Waals surface area (Å²) >= 11 is 0. The third-order valence-electron chi connectivity index (χ3n) is 5.02.